The van der Waals surface area contributed by atoms with Gasteiger partial charge in [-0.3, -0.25) is 4.79 Å². The Morgan fingerprint density at radius 1 is 1.30 bits per heavy atom. The number of amides is 1. The Hall–Kier alpha value is -3.04. The Morgan fingerprint density at radius 2 is 2.04 bits per heavy atom. The molecule has 7 heteroatoms. The lowest BCUT2D eigenvalue weighted by molar-refractivity contribution is -0.112. The maximum atomic E-state index is 13.1. The molecule has 0 heterocycles. The van der Waals surface area contributed by atoms with Gasteiger partial charge in [-0.25, -0.2) is 4.39 Å². The zero-order chi connectivity index (χ0) is 16.8. The van der Waals surface area contributed by atoms with Crippen molar-refractivity contribution in [1.82, 2.24) is 0 Å². The lowest BCUT2D eigenvalue weighted by atomic mass is 10.2. The van der Waals surface area contributed by atoms with Crippen molar-refractivity contribution in [2.45, 2.75) is 0 Å². The number of nitrogens with zero attached hydrogens (tertiary/aromatic N) is 1. The van der Waals surface area contributed by atoms with Gasteiger partial charge in [0.2, 0.25) is 0 Å². The van der Waals surface area contributed by atoms with Gasteiger partial charge >= 0.3 is 0 Å². The zero-order valence-corrected chi connectivity index (χ0v) is 12.4. The number of hydrogen-bond acceptors (Lipinski definition) is 4. The number of carbonyl (C=O) groups is 1. The topological polar surface area (TPSA) is 85.2 Å². The minimum Gasteiger partial charge on any atom is -0.506 e. The van der Waals surface area contributed by atoms with E-state index >= 15 is 0 Å². The highest BCUT2D eigenvalue weighted by Gasteiger charge is 2.11. The fourth-order valence-corrected chi connectivity index (χ4v) is 1.84. The molecule has 0 aliphatic carbocycles. The summed E-state index contributed by atoms with van der Waals surface area (Å²) in [6.07, 6.45) is 1.17. The molecule has 5 nitrogen and oxygen atoms in total. The first-order valence-corrected chi connectivity index (χ1v) is 6.80. The van der Waals surface area contributed by atoms with Gasteiger partial charge in [-0.15, -0.1) is 0 Å². The third-order valence-corrected chi connectivity index (χ3v) is 3.11. The lowest BCUT2D eigenvalue weighted by Crippen LogP contribution is -2.14. The predicted octanol–water partition coefficient (Wildman–Crippen LogP) is 3.64. The van der Waals surface area contributed by atoms with Crippen molar-refractivity contribution in [2.24, 2.45) is 0 Å². The van der Waals surface area contributed by atoms with Gasteiger partial charge in [-0.1, -0.05) is 23.7 Å². The SMILES string of the molecule is N#C/C(=C/Nc1ccc(F)c(Cl)c1)C(=O)Nc1ccccc1O. The number of anilines is 2. The van der Waals surface area contributed by atoms with E-state index in [9.17, 15) is 14.3 Å². The second-order valence-corrected chi connectivity index (χ2v) is 4.82. The van der Waals surface area contributed by atoms with E-state index in [1.54, 1.807) is 18.2 Å². The molecule has 0 bridgehead atoms. The van der Waals surface area contributed by atoms with Gasteiger partial charge in [0.25, 0.3) is 5.91 Å². The molecule has 1 amide bonds. The summed E-state index contributed by atoms with van der Waals surface area (Å²) in [7, 11) is 0. The van der Waals surface area contributed by atoms with Crippen LogP contribution in [0.2, 0.25) is 5.02 Å². The van der Waals surface area contributed by atoms with Crippen molar-refractivity contribution in [3.05, 3.63) is 65.1 Å². The van der Waals surface area contributed by atoms with Crippen LogP contribution < -0.4 is 10.6 Å². The molecule has 0 saturated heterocycles. The van der Waals surface area contributed by atoms with E-state index in [0.717, 1.165) is 6.07 Å². The van der Waals surface area contributed by atoms with Crippen LogP contribution in [0.25, 0.3) is 0 Å². The van der Waals surface area contributed by atoms with E-state index < -0.39 is 11.7 Å². The maximum Gasteiger partial charge on any atom is 0.267 e. The van der Waals surface area contributed by atoms with E-state index in [1.807, 2.05) is 0 Å². The Labute approximate surface area is 136 Å². The van der Waals surface area contributed by atoms with Gasteiger partial charge in [-0.2, -0.15) is 5.26 Å². The number of nitrogens with one attached hydrogen (secondary N) is 2. The van der Waals surface area contributed by atoms with Crippen molar-refractivity contribution in [3.63, 3.8) is 0 Å². The molecule has 2 rings (SSSR count). The Kier molecular flexibility index (Phi) is 5.18. The highest BCUT2D eigenvalue weighted by molar-refractivity contribution is 6.31. The van der Waals surface area contributed by atoms with Crippen molar-refractivity contribution in [2.75, 3.05) is 10.6 Å². The molecule has 0 aliphatic heterocycles. The van der Waals surface area contributed by atoms with E-state index in [0.29, 0.717) is 5.69 Å². The van der Waals surface area contributed by atoms with Gasteiger partial charge in [0.15, 0.2) is 0 Å². The molecular weight excluding hydrogens is 321 g/mol. The number of benzene rings is 2. The summed E-state index contributed by atoms with van der Waals surface area (Å²) in [5.74, 6) is -1.38. The first kappa shape index (κ1) is 16.3. The van der Waals surface area contributed by atoms with Crippen LogP contribution in [0.5, 0.6) is 5.75 Å². The number of phenolic OH excluding ortho intramolecular Hbond substituents is 1. The summed E-state index contributed by atoms with van der Waals surface area (Å²) in [4.78, 5) is 12.0. The van der Waals surface area contributed by atoms with Crippen LogP contribution in [0.15, 0.2) is 54.2 Å². The first-order valence-electron chi connectivity index (χ1n) is 6.42. The molecular formula is C16H11ClFN3O2. The van der Waals surface area contributed by atoms with Gasteiger partial charge in [-0.05, 0) is 30.3 Å². The van der Waals surface area contributed by atoms with Crippen molar-refractivity contribution in [3.8, 4) is 11.8 Å². The van der Waals surface area contributed by atoms with E-state index in [-0.39, 0.29) is 22.0 Å². The maximum absolute atomic E-state index is 13.1. The van der Waals surface area contributed by atoms with Gasteiger partial charge in [0, 0.05) is 11.9 Å². The van der Waals surface area contributed by atoms with Crippen molar-refractivity contribution in [1.29, 1.82) is 5.26 Å². The molecule has 0 atom stereocenters. The molecule has 0 aliphatic rings. The number of carbonyl (C=O) groups excluding carboxylic acids is 1. The highest BCUT2D eigenvalue weighted by atomic mass is 35.5. The zero-order valence-electron chi connectivity index (χ0n) is 11.7. The molecule has 0 spiro atoms. The number of nitriles is 1. The molecule has 0 unspecified atom stereocenters. The summed E-state index contributed by atoms with van der Waals surface area (Å²) < 4.78 is 13.1. The molecule has 0 saturated carbocycles. The monoisotopic (exact) mass is 331 g/mol. The third-order valence-electron chi connectivity index (χ3n) is 2.82. The number of para-hydroxylation sites is 2. The van der Waals surface area contributed by atoms with Gasteiger partial charge in [0.05, 0.1) is 10.7 Å². The molecule has 23 heavy (non-hydrogen) atoms. The van der Waals surface area contributed by atoms with Crippen LogP contribution in [-0.2, 0) is 4.79 Å². The second-order valence-electron chi connectivity index (χ2n) is 4.41. The van der Waals surface area contributed by atoms with Crippen LogP contribution >= 0.6 is 11.6 Å². The smallest absolute Gasteiger partial charge is 0.267 e. The van der Waals surface area contributed by atoms with Crippen LogP contribution in [0.4, 0.5) is 15.8 Å². The van der Waals surface area contributed by atoms with Gasteiger partial charge < -0.3 is 15.7 Å². The van der Waals surface area contributed by atoms with Crippen molar-refractivity contribution >= 4 is 28.9 Å². The van der Waals surface area contributed by atoms with E-state index in [1.165, 1.54) is 30.5 Å². The van der Waals surface area contributed by atoms with E-state index in [4.69, 9.17) is 16.9 Å². The summed E-state index contributed by atoms with van der Waals surface area (Å²) >= 11 is 5.64. The number of rotatable bonds is 4. The van der Waals surface area contributed by atoms with Crippen LogP contribution in [0.1, 0.15) is 0 Å². The first-order chi connectivity index (χ1) is 11.0. The minimum atomic E-state index is -0.699. The highest BCUT2D eigenvalue weighted by Crippen LogP contribution is 2.22. The molecule has 2 aromatic carbocycles. The molecule has 2 aromatic rings. The lowest BCUT2D eigenvalue weighted by Gasteiger charge is -2.07. The fraction of sp³-hybridized carbons (Fsp3) is 0. The van der Waals surface area contributed by atoms with Crippen LogP contribution in [0.3, 0.4) is 0 Å². The standard InChI is InChI=1S/C16H11ClFN3O2/c17-12-7-11(5-6-13(12)18)20-9-10(8-19)16(23)21-14-3-1-2-4-15(14)22/h1-7,9,20,22H,(H,21,23)/b10-9-. The van der Waals surface area contributed by atoms with E-state index in [2.05, 4.69) is 10.6 Å². The van der Waals surface area contributed by atoms with Gasteiger partial charge in [0.1, 0.15) is 23.2 Å². The number of hydrogen-bond donors (Lipinski definition) is 3. The average molecular weight is 332 g/mol. The molecule has 0 radical (unpaired) electrons. The predicted molar refractivity (Wildman–Crippen MR) is 85.5 cm³/mol. The average Bonchev–Trinajstić information content (AvgIpc) is 2.53. The molecule has 0 aromatic heterocycles. The Morgan fingerprint density at radius 3 is 2.70 bits per heavy atom. The molecule has 3 N–H and O–H groups in total. The largest absolute Gasteiger partial charge is 0.506 e. The summed E-state index contributed by atoms with van der Waals surface area (Å²) in [5, 5.41) is 23.7. The Bertz CT molecular complexity index is 815. The normalized spacial score (nSPS) is 10.7. The fourth-order valence-electron chi connectivity index (χ4n) is 1.66. The van der Waals surface area contributed by atoms with Crippen LogP contribution in [0, 0.1) is 17.1 Å². The summed E-state index contributed by atoms with van der Waals surface area (Å²) in [6, 6.07) is 11.8. The number of halogens is 2. The number of phenols is 1. The Balaban J connectivity index is 2.12. The molecule has 0 fully saturated rings. The summed E-state index contributed by atoms with van der Waals surface area (Å²) in [5.41, 5.74) is 0.372. The third kappa shape index (κ3) is 4.22. The minimum absolute atomic E-state index is 0.0828. The second kappa shape index (κ2) is 7.29. The quantitative estimate of drug-likeness (QED) is 0.453. The van der Waals surface area contributed by atoms with Crippen molar-refractivity contribution < 1.29 is 14.3 Å². The number of aromatic hydroxyl groups is 1. The summed E-state index contributed by atoms with van der Waals surface area (Å²) in [6.45, 7) is 0. The van der Waals surface area contributed by atoms with Crippen LogP contribution in [-0.4, -0.2) is 11.0 Å². The molecule has 116 valence electrons.